The predicted molar refractivity (Wildman–Crippen MR) is 90.9 cm³/mol. The fourth-order valence-electron chi connectivity index (χ4n) is 2.61. The Bertz CT molecular complexity index is 777. The van der Waals surface area contributed by atoms with Crippen molar-refractivity contribution in [2.24, 2.45) is 0 Å². The molecule has 0 heterocycles. The first-order valence-corrected chi connectivity index (χ1v) is 6.97. The summed E-state index contributed by atoms with van der Waals surface area (Å²) < 4.78 is 0. The SMILES string of the molecule is Cc1ccccc1-c1cc(N)c(-c2ccccc2)cc1N. The lowest BCUT2D eigenvalue weighted by atomic mass is 9.94. The molecule has 4 N–H and O–H groups in total. The molecule has 3 rings (SSSR count). The van der Waals surface area contributed by atoms with Gasteiger partial charge in [0, 0.05) is 22.5 Å². The summed E-state index contributed by atoms with van der Waals surface area (Å²) in [6.07, 6.45) is 0. The summed E-state index contributed by atoms with van der Waals surface area (Å²) in [7, 11) is 0. The van der Waals surface area contributed by atoms with Crippen LogP contribution in [0.25, 0.3) is 22.3 Å². The lowest BCUT2D eigenvalue weighted by Crippen LogP contribution is -1.97. The van der Waals surface area contributed by atoms with Crippen LogP contribution in [0.2, 0.25) is 0 Å². The van der Waals surface area contributed by atoms with Gasteiger partial charge in [0.25, 0.3) is 0 Å². The number of aryl methyl sites for hydroxylation is 1. The van der Waals surface area contributed by atoms with Crippen molar-refractivity contribution in [3.05, 3.63) is 72.3 Å². The summed E-state index contributed by atoms with van der Waals surface area (Å²) in [5.41, 5.74) is 19.4. The number of rotatable bonds is 2. The van der Waals surface area contributed by atoms with Gasteiger partial charge in [0.1, 0.15) is 0 Å². The lowest BCUT2D eigenvalue weighted by molar-refractivity contribution is 1.46. The number of nitrogens with two attached hydrogens (primary N) is 2. The zero-order valence-electron chi connectivity index (χ0n) is 12.0. The van der Waals surface area contributed by atoms with Gasteiger partial charge in [0.05, 0.1) is 0 Å². The highest BCUT2D eigenvalue weighted by atomic mass is 14.6. The minimum atomic E-state index is 0.744. The van der Waals surface area contributed by atoms with Crippen LogP contribution >= 0.6 is 0 Å². The molecule has 0 fully saturated rings. The fourth-order valence-corrected chi connectivity index (χ4v) is 2.61. The van der Waals surface area contributed by atoms with Crippen LogP contribution in [0.3, 0.4) is 0 Å². The van der Waals surface area contributed by atoms with Crippen LogP contribution in [0.1, 0.15) is 5.56 Å². The molecular weight excluding hydrogens is 256 g/mol. The molecule has 0 amide bonds. The Kier molecular flexibility index (Phi) is 3.36. The van der Waals surface area contributed by atoms with Crippen LogP contribution in [-0.2, 0) is 0 Å². The third-order valence-electron chi connectivity index (χ3n) is 3.74. The van der Waals surface area contributed by atoms with E-state index >= 15 is 0 Å². The second-order valence-corrected chi connectivity index (χ2v) is 5.21. The quantitative estimate of drug-likeness (QED) is 0.676. The first kappa shape index (κ1) is 13.3. The van der Waals surface area contributed by atoms with E-state index in [1.54, 1.807) is 0 Å². The molecule has 0 bridgehead atoms. The summed E-state index contributed by atoms with van der Waals surface area (Å²) in [5, 5.41) is 0. The maximum Gasteiger partial charge on any atom is 0.0401 e. The maximum atomic E-state index is 6.27. The van der Waals surface area contributed by atoms with Gasteiger partial charge < -0.3 is 11.5 Å². The van der Waals surface area contributed by atoms with Crippen molar-refractivity contribution in [3.63, 3.8) is 0 Å². The molecule has 2 nitrogen and oxygen atoms in total. The van der Waals surface area contributed by atoms with Crippen molar-refractivity contribution in [2.75, 3.05) is 11.5 Å². The molecule has 3 aromatic carbocycles. The first-order chi connectivity index (χ1) is 10.2. The van der Waals surface area contributed by atoms with Crippen molar-refractivity contribution in [2.45, 2.75) is 6.92 Å². The monoisotopic (exact) mass is 274 g/mol. The number of nitrogen functional groups attached to an aromatic ring is 2. The van der Waals surface area contributed by atoms with E-state index in [2.05, 4.69) is 19.1 Å². The molecule has 0 radical (unpaired) electrons. The fraction of sp³-hybridized carbons (Fsp3) is 0.0526. The maximum absolute atomic E-state index is 6.27. The third-order valence-corrected chi connectivity index (χ3v) is 3.74. The van der Waals surface area contributed by atoms with Crippen molar-refractivity contribution >= 4 is 11.4 Å². The largest absolute Gasteiger partial charge is 0.398 e. The topological polar surface area (TPSA) is 52.0 Å². The van der Waals surface area contributed by atoms with Crippen LogP contribution in [0.5, 0.6) is 0 Å². The molecule has 2 heteroatoms. The Morgan fingerprint density at radius 1 is 0.619 bits per heavy atom. The molecule has 0 unspecified atom stereocenters. The Labute approximate surface area is 125 Å². The van der Waals surface area contributed by atoms with Gasteiger partial charge in [-0.1, -0.05) is 54.6 Å². The highest BCUT2D eigenvalue weighted by Gasteiger charge is 2.10. The van der Waals surface area contributed by atoms with Gasteiger partial charge in [-0.2, -0.15) is 0 Å². The summed E-state index contributed by atoms with van der Waals surface area (Å²) in [6, 6.07) is 22.2. The molecule has 0 atom stereocenters. The molecule has 0 saturated heterocycles. The summed E-state index contributed by atoms with van der Waals surface area (Å²) in [4.78, 5) is 0. The molecule has 0 aliphatic rings. The van der Waals surface area contributed by atoms with Gasteiger partial charge in [-0.25, -0.2) is 0 Å². The van der Waals surface area contributed by atoms with E-state index in [1.807, 2.05) is 54.6 Å². The van der Waals surface area contributed by atoms with Crippen LogP contribution in [-0.4, -0.2) is 0 Å². The molecule has 3 aromatic rings. The van der Waals surface area contributed by atoms with Gasteiger partial charge >= 0.3 is 0 Å². The van der Waals surface area contributed by atoms with Crippen LogP contribution in [0, 0.1) is 6.92 Å². The van der Waals surface area contributed by atoms with E-state index in [9.17, 15) is 0 Å². The molecular formula is C19H18N2. The van der Waals surface area contributed by atoms with Gasteiger partial charge in [-0.3, -0.25) is 0 Å². The van der Waals surface area contributed by atoms with Crippen LogP contribution < -0.4 is 11.5 Å². The zero-order chi connectivity index (χ0) is 14.8. The number of anilines is 2. The minimum Gasteiger partial charge on any atom is -0.398 e. The Balaban J connectivity index is 2.15. The average Bonchev–Trinajstić information content (AvgIpc) is 2.51. The van der Waals surface area contributed by atoms with Gasteiger partial charge in [0.15, 0.2) is 0 Å². The number of benzene rings is 3. The van der Waals surface area contributed by atoms with E-state index in [-0.39, 0.29) is 0 Å². The summed E-state index contributed by atoms with van der Waals surface area (Å²) in [6.45, 7) is 2.08. The molecule has 0 aliphatic carbocycles. The first-order valence-electron chi connectivity index (χ1n) is 6.97. The highest BCUT2D eigenvalue weighted by molar-refractivity contribution is 5.89. The molecule has 0 aliphatic heterocycles. The Morgan fingerprint density at radius 3 is 1.90 bits per heavy atom. The van der Waals surface area contributed by atoms with Crippen molar-refractivity contribution in [1.29, 1.82) is 0 Å². The minimum absolute atomic E-state index is 0.744. The van der Waals surface area contributed by atoms with E-state index in [4.69, 9.17) is 11.5 Å². The Hall–Kier alpha value is -2.74. The van der Waals surface area contributed by atoms with E-state index in [0.717, 1.165) is 33.6 Å². The van der Waals surface area contributed by atoms with Crippen molar-refractivity contribution < 1.29 is 0 Å². The van der Waals surface area contributed by atoms with Gasteiger partial charge in [0.2, 0.25) is 0 Å². The van der Waals surface area contributed by atoms with E-state index < -0.39 is 0 Å². The van der Waals surface area contributed by atoms with Gasteiger partial charge in [-0.05, 0) is 35.7 Å². The number of hydrogen-bond acceptors (Lipinski definition) is 2. The lowest BCUT2D eigenvalue weighted by Gasteiger charge is -2.14. The van der Waals surface area contributed by atoms with Crippen LogP contribution in [0.15, 0.2) is 66.7 Å². The van der Waals surface area contributed by atoms with Crippen LogP contribution in [0.4, 0.5) is 11.4 Å². The second-order valence-electron chi connectivity index (χ2n) is 5.21. The summed E-state index contributed by atoms with van der Waals surface area (Å²) >= 11 is 0. The van der Waals surface area contributed by atoms with Crippen molar-refractivity contribution in [1.82, 2.24) is 0 Å². The molecule has 21 heavy (non-hydrogen) atoms. The zero-order valence-corrected chi connectivity index (χ0v) is 12.0. The summed E-state index contributed by atoms with van der Waals surface area (Å²) in [5.74, 6) is 0. The predicted octanol–water partition coefficient (Wildman–Crippen LogP) is 4.49. The van der Waals surface area contributed by atoms with Crippen molar-refractivity contribution in [3.8, 4) is 22.3 Å². The highest BCUT2D eigenvalue weighted by Crippen LogP contribution is 2.36. The Morgan fingerprint density at radius 2 is 1.19 bits per heavy atom. The van der Waals surface area contributed by atoms with E-state index in [0.29, 0.717) is 0 Å². The standard InChI is InChI=1S/C19H18N2/c1-13-7-5-6-10-15(13)17-12-18(20)16(11-19(17)21)14-8-3-2-4-9-14/h2-12H,20-21H2,1H3. The second kappa shape index (κ2) is 5.33. The smallest absolute Gasteiger partial charge is 0.0401 e. The normalized spacial score (nSPS) is 10.5. The molecule has 0 saturated carbocycles. The molecule has 0 aromatic heterocycles. The van der Waals surface area contributed by atoms with E-state index in [1.165, 1.54) is 5.56 Å². The third kappa shape index (κ3) is 2.48. The number of hydrogen-bond donors (Lipinski definition) is 2. The van der Waals surface area contributed by atoms with Gasteiger partial charge in [-0.15, -0.1) is 0 Å². The molecule has 104 valence electrons. The molecule has 0 spiro atoms. The average molecular weight is 274 g/mol.